The monoisotopic (exact) mass is 259 g/mol. The first-order valence-electron chi connectivity index (χ1n) is 6.29. The van der Waals surface area contributed by atoms with E-state index in [2.05, 4.69) is 5.32 Å². The molecule has 0 saturated heterocycles. The molecule has 2 aromatic carbocycles. The molecule has 0 spiro atoms. The predicted octanol–water partition coefficient (Wildman–Crippen LogP) is 4.32. The summed E-state index contributed by atoms with van der Waals surface area (Å²) in [4.78, 5) is 0. The van der Waals surface area contributed by atoms with Gasteiger partial charge in [-0.3, -0.25) is 0 Å². The Hall–Kier alpha value is -2.03. The van der Waals surface area contributed by atoms with E-state index in [1.54, 1.807) is 6.07 Å². The van der Waals surface area contributed by atoms with E-state index in [0.29, 0.717) is 5.69 Å². The number of anilines is 1. The van der Waals surface area contributed by atoms with Gasteiger partial charge >= 0.3 is 0 Å². The Morgan fingerprint density at radius 1 is 1.05 bits per heavy atom. The van der Waals surface area contributed by atoms with E-state index in [-0.39, 0.29) is 17.6 Å². The molecule has 0 amide bonds. The SMILES string of the molecule is Cc1cc(F)cc(NC(C)c2cc(C)ccc2O)c1. The van der Waals surface area contributed by atoms with Crippen molar-refractivity contribution in [1.82, 2.24) is 0 Å². The fraction of sp³-hybridized carbons (Fsp3) is 0.250. The van der Waals surface area contributed by atoms with Gasteiger partial charge in [0, 0.05) is 11.3 Å². The highest BCUT2D eigenvalue weighted by atomic mass is 19.1. The quantitative estimate of drug-likeness (QED) is 0.860. The van der Waals surface area contributed by atoms with E-state index in [1.807, 2.05) is 39.0 Å². The largest absolute Gasteiger partial charge is 0.508 e. The van der Waals surface area contributed by atoms with Gasteiger partial charge in [-0.2, -0.15) is 0 Å². The number of aryl methyl sites for hydroxylation is 2. The lowest BCUT2D eigenvalue weighted by molar-refractivity contribution is 0.465. The highest BCUT2D eigenvalue weighted by Crippen LogP contribution is 2.28. The van der Waals surface area contributed by atoms with E-state index in [0.717, 1.165) is 16.7 Å². The summed E-state index contributed by atoms with van der Waals surface area (Å²) in [6, 6.07) is 10.2. The fourth-order valence-corrected chi connectivity index (χ4v) is 2.17. The number of hydrogen-bond acceptors (Lipinski definition) is 2. The topological polar surface area (TPSA) is 32.3 Å². The first-order chi connectivity index (χ1) is 8.95. The van der Waals surface area contributed by atoms with E-state index in [9.17, 15) is 9.50 Å². The Kier molecular flexibility index (Phi) is 3.74. The Bertz CT molecular complexity index is 575. The van der Waals surface area contributed by atoms with Gasteiger partial charge in [0.15, 0.2) is 0 Å². The average Bonchev–Trinajstić information content (AvgIpc) is 2.30. The summed E-state index contributed by atoms with van der Waals surface area (Å²) in [5.41, 5.74) is 3.47. The number of hydrogen-bond donors (Lipinski definition) is 2. The minimum absolute atomic E-state index is 0.0962. The third-order valence-electron chi connectivity index (χ3n) is 3.07. The molecule has 100 valence electrons. The molecule has 0 saturated carbocycles. The zero-order valence-corrected chi connectivity index (χ0v) is 11.4. The molecule has 3 heteroatoms. The zero-order chi connectivity index (χ0) is 14.0. The summed E-state index contributed by atoms with van der Waals surface area (Å²) >= 11 is 0. The number of phenols is 1. The van der Waals surface area contributed by atoms with Crippen LogP contribution in [0.3, 0.4) is 0 Å². The second-order valence-electron chi connectivity index (χ2n) is 4.95. The van der Waals surface area contributed by atoms with Crippen LogP contribution in [0.5, 0.6) is 5.75 Å². The minimum atomic E-state index is -0.261. The van der Waals surface area contributed by atoms with Gasteiger partial charge < -0.3 is 10.4 Å². The molecule has 2 N–H and O–H groups in total. The highest BCUT2D eigenvalue weighted by Gasteiger charge is 2.11. The van der Waals surface area contributed by atoms with E-state index in [4.69, 9.17) is 0 Å². The number of halogens is 1. The second-order valence-corrected chi connectivity index (χ2v) is 4.95. The Labute approximate surface area is 112 Å². The van der Waals surface area contributed by atoms with Crippen molar-refractivity contribution in [2.45, 2.75) is 26.8 Å². The molecule has 0 aliphatic heterocycles. The molecule has 19 heavy (non-hydrogen) atoms. The van der Waals surface area contributed by atoms with Gasteiger partial charge in [0.1, 0.15) is 11.6 Å². The van der Waals surface area contributed by atoms with Gasteiger partial charge in [-0.05, 0) is 50.6 Å². The molecule has 0 aromatic heterocycles. The molecule has 2 rings (SSSR count). The summed E-state index contributed by atoms with van der Waals surface area (Å²) in [5, 5.41) is 13.1. The van der Waals surface area contributed by atoms with E-state index in [1.165, 1.54) is 12.1 Å². The third-order valence-corrected chi connectivity index (χ3v) is 3.07. The van der Waals surface area contributed by atoms with Crippen LogP contribution in [0.4, 0.5) is 10.1 Å². The maximum atomic E-state index is 13.3. The molecule has 1 unspecified atom stereocenters. The molecule has 2 nitrogen and oxygen atoms in total. The molecule has 0 bridgehead atoms. The second kappa shape index (κ2) is 5.31. The van der Waals surface area contributed by atoms with Crippen LogP contribution in [0.1, 0.15) is 29.7 Å². The van der Waals surface area contributed by atoms with Crippen molar-refractivity contribution in [2.24, 2.45) is 0 Å². The summed E-state index contributed by atoms with van der Waals surface area (Å²) in [7, 11) is 0. The van der Waals surface area contributed by atoms with Crippen molar-refractivity contribution in [3.05, 3.63) is 58.9 Å². The smallest absolute Gasteiger partial charge is 0.125 e. The fourth-order valence-electron chi connectivity index (χ4n) is 2.17. The molecule has 0 aliphatic rings. The number of benzene rings is 2. The summed E-state index contributed by atoms with van der Waals surface area (Å²) in [6.07, 6.45) is 0. The van der Waals surface area contributed by atoms with Crippen LogP contribution in [0.2, 0.25) is 0 Å². The summed E-state index contributed by atoms with van der Waals surface area (Å²) < 4.78 is 13.3. The van der Waals surface area contributed by atoms with Crippen molar-refractivity contribution >= 4 is 5.69 Å². The van der Waals surface area contributed by atoms with Crippen molar-refractivity contribution in [2.75, 3.05) is 5.32 Å². The van der Waals surface area contributed by atoms with Crippen LogP contribution in [0.15, 0.2) is 36.4 Å². The van der Waals surface area contributed by atoms with E-state index < -0.39 is 0 Å². The molecule has 0 radical (unpaired) electrons. The lowest BCUT2D eigenvalue weighted by atomic mass is 10.0. The van der Waals surface area contributed by atoms with Gasteiger partial charge in [0.05, 0.1) is 6.04 Å². The Morgan fingerprint density at radius 2 is 1.79 bits per heavy atom. The van der Waals surface area contributed by atoms with Crippen molar-refractivity contribution in [3.63, 3.8) is 0 Å². The van der Waals surface area contributed by atoms with Crippen molar-refractivity contribution < 1.29 is 9.50 Å². The maximum absolute atomic E-state index is 13.3. The first-order valence-corrected chi connectivity index (χ1v) is 6.29. The van der Waals surface area contributed by atoms with E-state index >= 15 is 0 Å². The number of nitrogens with one attached hydrogen (secondary N) is 1. The molecular weight excluding hydrogens is 241 g/mol. The Morgan fingerprint density at radius 3 is 2.47 bits per heavy atom. The van der Waals surface area contributed by atoms with Crippen molar-refractivity contribution in [1.29, 1.82) is 0 Å². The van der Waals surface area contributed by atoms with Crippen LogP contribution in [0, 0.1) is 19.7 Å². The van der Waals surface area contributed by atoms with Gasteiger partial charge in [0.25, 0.3) is 0 Å². The van der Waals surface area contributed by atoms with Gasteiger partial charge in [0.2, 0.25) is 0 Å². The molecule has 0 fully saturated rings. The van der Waals surface area contributed by atoms with Crippen LogP contribution >= 0.6 is 0 Å². The maximum Gasteiger partial charge on any atom is 0.125 e. The molecule has 1 atom stereocenters. The predicted molar refractivity (Wildman–Crippen MR) is 76.0 cm³/mol. The normalized spacial score (nSPS) is 12.2. The zero-order valence-electron chi connectivity index (χ0n) is 11.4. The third kappa shape index (κ3) is 3.25. The van der Waals surface area contributed by atoms with Gasteiger partial charge in [-0.25, -0.2) is 4.39 Å². The lowest BCUT2D eigenvalue weighted by Gasteiger charge is -2.18. The standard InChI is InChI=1S/C16H18FNO/c1-10-4-5-16(19)15(8-10)12(3)18-14-7-11(2)6-13(17)9-14/h4-9,12,18-19H,1-3H3. The molecular formula is C16H18FNO. The summed E-state index contributed by atoms with van der Waals surface area (Å²) in [5.74, 6) is -0.0121. The van der Waals surface area contributed by atoms with Crippen LogP contribution in [-0.4, -0.2) is 5.11 Å². The lowest BCUT2D eigenvalue weighted by Crippen LogP contribution is -2.07. The van der Waals surface area contributed by atoms with Crippen LogP contribution in [-0.2, 0) is 0 Å². The average molecular weight is 259 g/mol. The minimum Gasteiger partial charge on any atom is -0.508 e. The highest BCUT2D eigenvalue weighted by molar-refractivity contribution is 5.49. The number of aromatic hydroxyl groups is 1. The van der Waals surface area contributed by atoms with Gasteiger partial charge in [-0.15, -0.1) is 0 Å². The Balaban J connectivity index is 2.25. The van der Waals surface area contributed by atoms with Gasteiger partial charge in [-0.1, -0.05) is 17.7 Å². The van der Waals surface area contributed by atoms with Crippen molar-refractivity contribution in [3.8, 4) is 5.75 Å². The summed E-state index contributed by atoms with van der Waals surface area (Å²) in [6.45, 7) is 5.76. The number of rotatable bonds is 3. The molecule has 2 aromatic rings. The number of phenolic OH excluding ortho intramolecular Hbond substituents is 1. The first kappa shape index (κ1) is 13.4. The van der Waals surface area contributed by atoms with Crippen LogP contribution < -0.4 is 5.32 Å². The molecule has 0 heterocycles. The molecule has 0 aliphatic carbocycles. The van der Waals surface area contributed by atoms with Crippen LogP contribution in [0.25, 0.3) is 0 Å².